The normalized spacial score (nSPS) is 24.1. The summed E-state index contributed by atoms with van der Waals surface area (Å²) in [5.74, 6) is 0. The Kier molecular flexibility index (Phi) is 4.10. The van der Waals surface area contributed by atoms with Crippen LogP contribution in [0, 0.1) is 10.1 Å². The fourth-order valence-electron chi connectivity index (χ4n) is 2.33. The smallest absolute Gasteiger partial charge is 0.258 e. The summed E-state index contributed by atoms with van der Waals surface area (Å²) >= 11 is 6.11. The molecule has 0 aliphatic heterocycles. The third-order valence-electron chi connectivity index (χ3n) is 3.40. The van der Waals surface area contributed by atoms with Crippen molar-refractivity contribution >= 4 is 27.1 Å². The van der Waals surface area contributed by atoms with E-state index in [0.29, 0.717) is 12.8 Å². The lowest BCUT2D eigenvalue weighted by Crippen LogP contribution is -2.33. The molecule has 0 N–H and O–H groups in total. The molecule has 0 saturated heterocycles. The third-order valence-corrected chi connectivity index (χ3v) is 6.36. The van der Waals surface area contributed by atoms with Crippen LogP contribution in [-0.2, 0) is 9.84 Å². The number of alkyl halides is 1. The van der Waals surface area contributed by atoms with Crippen LogP contribution in [0.4, 0.5) is 5.69 Å². The van der Waals surface area contributed by atoms with Gasteiger partial charge in [-0.1, -0.05) is 12.8 Å². The van der Waals surface area contributed by atoms with E-state index in [9.17, 15) is 18.5 Å². The Balaban J connectivity index is 2.30. The van der Waals surface area contributed by atoms with Crippen molar-refractivity contribution in [2.45, 2.75) is 41.2 Å². The van der Waals surface area contributed by atoms with E-state index in [0.717, 1.165) is 12.8 Å². The largest absolute Gasteiger partial charge is 0.269 e. The maximum Gasteiger partial charge on any atom is 0.269 e. The standard InChI is InChI=1S/C12H14ClNO4S/c13-11-3-1-2-4-12(11)19(17,18)10-7-5-9(6-8-10)14(15)16/h5-8,11-12H,1-4H2. The number of hydrogen-bond donors (Lipinski definition) is 0. The second-order valence-electron chi connectivity index (χ2n) is 4.63. The van der Waals surface area contributed by atoms with Crippen molar-refractivity contribution in [2.24, 2.45) is 0 Å². The SMILES string of the molecule is O=[N+]([O-])c1ccc(S(=O)(=O)C2CCCCC2Cl)cc1. The lowest BCUT2D eigenvalue weighted by atomic mass is 10.00. The summed E-state index contributed by atoms with van der Waals surface area (Å²) in [4.78, 5) is 10.1. The average molecular weight is 304 g/mol. The van der Waals surface area contributed by atoms with Crippen molar-refractivity contribution in [2.75, 3.05) is 0 Å². The summed E-state index contributed by atoms with van der Waals surface area (Å²) in [6.07, 6.45) is 3.03. The van der Waals surface area contributed by atoms with Gasteiger partial charge in [0.2, 0.25) is 0 Å². The Bertz CT molecular complexity index is 570. The van der Waals surface area contributed by atoms with Crippen LogP contribution in [0.25, 0.3) is 0 Å². The van der Waals surface area contributed by atoms with Crippen LogP contribution in [0.1, 0.15) is 25.7 Å². The molecule has 0 amide bonds. The molecule has 0 aromatic heterocycles. The quantitative estimate of drug-likeness (QED) is 0.488. The van der Waals surface area contributed by atoms with E-state index < -0.39 is 20.0 Å². The molecular formula is C12H14ClNO4S. The van der Waals surface area contributed by atoms with Crippen molar-refractivity contribution in [1.82, 2.24) is 0 Å². The van der Waals surface area contributed by atoms with Gasteiger partial charge in [0.1, 0.15) is 0 Å². The second-order valence-corrected chi connectivity index (χ2v) is 7.36. The minimum absolute atomic E-state index is 0.107. The number of halogens is 1. The molecule has 0 spiro atoms. The Hall–Kier alpha value is -1.14. The van der Waals surface area contributed by atoms with Gasteiger partial charge in [-0.25, -0.2) is 8.42 Å². The first kappa shape index (κ1) is 14.3. The molecular weight excluding hydrogens is 290 g/mol. The molecule has 1 aliphatic carbocycles. The molecule has 7 heteroatoms. The van der Waals surface area contributed by atoms with Crippen molar-refractivity contribution in [1.29, 1.82) is 0 Å². The molecule has 1 aromatic rings. The summed E-state index contributed by atoms with van der Waals surface area (Å²) in [5.41, 5.74) is -0.120. The van der Waals surface area contributed by atoms with Crippen molar-refractivity contribution in [3.05, 3.63) is 34.4 Å². The van der Waals surface area contributed by atoms with Gasteiger partial charge in [0, 0.05) is 12.1 Å². The van der Waals surface area contributed by atoms with E-state index in [1.54, 1.807) is 0 Å². The van der Waals surface area contributed by atoms with Gasteiger partial charge in [-0.05, 0) is 25.0 Å². The van der Waals surface area contributed by atoms with Gasteiger partial charge >= 0.3 is 0 Å². The van der Waals surface area contributed by atoms with Gasteiger partial charge in [0.05, 0.1) is 20.4 Å². The number of nitro benzene ring substituents is 1. The molecule has 5 nitrogen and oxygen atoms in total. The van der Waals surface area contributed by atoms with Gasteiger partial charge in [-0.3, -0.25) is 10.1 Å². The Morgan fingerprint density at radius 3 is 2.26 bits per heavy atom. The zero-order valence-corrected chi connectivity index (χ0v) is 11.7. The van der Waals surface area contributed by atoms with E-state index >= 15 is 0 Å². The second kappa shape index (κ2) is 5.46. The molecule has 0 heterocycles. The predicted molar refractivity (Wildman–Crippen MR) is 72.2 cm³/mol. The van der Waals surface area contributed by atoms with Crippen LogP contribution < -0.4 is 0 Å². The summed E-state index contributed by atoms with van der Waals surface area (Å²) in [5, 5.41) is 9.58. The maximum absolute atomic E-state index is 12.4. The molecule has 1 saturated carbocycles. The zero-order chi connectivity index (χ0) is 14.0. The average Bonchev–Trinajstić information content (AvgIpc) is 2.39. The molecule has 104 valence electrons. The highest BCUT2D eigenvalue weighted by atomic mass is 35.5. The van der Waals surface area contributed by atoms with Gasteiger partial charge in [0.15, 0.2) is 9.84 Å². The van der Waals surface area contributed by atoms with Gasteiger partial charge < -0.3 is 0 Å². The first-order chi connectivity index (χ1) is 8.93. The molecule has 19 heavy (non-hydrogen) atoms. The van der Waals surface area contributed by atoms with Crippen LogP contribution in [0.15, 0.2) is 29.2 Å². The van der Waals surface area contributed by atoms with Gasteiger partial charge in [-0.2, -0.15) is 0 Å². The van der Waals surface area contributed by atoms with Crippen molar-refractivity contribution in [3.8, 4) is 0 Å². The van der Waals surface area contributed by atoms with Gasteiger partial charge in [-0.15, -0.1) is 11.6 Å². The number of sulfone groups is 1. The van der Waals surface area contributed by atoms with Gasteiger partial charge in [0.25, 0.3) is 5.69 Å². The third kappa shape index (κ3) is 2.90. The monoisotopic (exact) mass is 303 g/mol. The molecule has 0 radical (unpaired) electrons. The highest BCUT2D eigenvalue weighted by molar-refractivity contribution is 7.92. The molecule has 1 aromatic carbocycles. The van der Waals surface area contributed by atoms with E-state index in [2.05, 4.69) is 0 Å². The highest BCUT2D eigenvalue weighted by Gasteiger charge is 2.35. The summed E-state index contributed by atoms with van der Waals surface area (Å²) < 4.78 is 24.8. The van der Waals surface area contributed by atoms with E-state index in [4.69, 9.17) is 11.6 Å². The van der Waals surface area contributed by atoms with Crippen LogP contribution in [0.2, 0.25) is 0 Å². The lowest BCUT2D eigenvalue weighted by molar-refractivity contribution is -0.384. The highest BCUT2D eigenvalue weighted by Crippen LogP contribution is 2.32. The summed E-state index contributed by atoms with van der Waals surface area (Å²) in [6.45, 7) is 0. The predicted octanol–water partition coefficient (Wildman–Crippen LogP) is 2.92. The molecule has 1 fully saturated rings. The molecule has 1 aliphatic rings. The number of rotatable bonds is 3. The Morgan fingerprint density at radius 2 is 1.74 bits per heavy atom. The van der Waals surface area contributed by atoms with Crippen LogP contribution in [0.5, 0.6) is 0 Å². The van der Waals surface area contributed by atoms with E-state index in [1.807, 2.05) is 0 Å². The first-order valence-corrected chi connectivity index (χ1v) is 8.03. The number of hydrogen-bond acceptors (Lipinski definition) is 4. The number of nitrogens with zero attached hydrogens (tertiary/aromatic N) is 1. The fraction of sp³-hybridized carbons (Fsp3) is 0.500. The summed E-state index contributed by atoms with van der Waals surface area (Å²) in [7, 11) is -3.51. The molecule has 2 unspecified atom stereocenters. The topological polar surface area (TPSA) is 77.3 Å². The minimum Gasteiger partial charge on any atom is -0.258 e. The van der Waals surface area contributed by atoms with Crippen molar-refractivity contribution < 1.29 is 13.3 Å². The summed E-state index contributed by atoms with van der Waals surface area (Å²) in [6, 6.07) is 4.98. The number of benzene rings is 1. The van der Waals surface area contributed by atoms with Crippen LogP contribution >= 0.6 is 11.6 Å². The van der Waals surface area contributed by atoms with Crippen molar-refractivity contribution in [3.63, 3.8) is 0 Å². The fourth-order valence-corrected chi connectivity index (χ4v) is 4.89. The number of nitro groups is 1. The van der Waals surface area contributed by atoms with Crippen LogP contribution in [0.3, 0.4) is 0 Å². The maximum atomic E-state index is 12.4. The van der Waals surface area contributed by atoms with E-state index in [-0.39, 0.29) is 16.0 Å². The van der Waals surface area contributed by atoms with Crippen LogP contribution in [-0.4, -0.2) is 24.0 Å². The zero-order valence-electron chi connectivity index (χ0n) is 10.2. The molecule has 2 rings (SSSR count). The lowest BCUT2D eigenvalue weighted by Gasteiger charge is -2.26. The first-order valence-electron chi connectivity index (χ1n) is 6.05. The minimum atomic E-state index is -3.51. The Labute approximate surface area is 116 Å². The Morgan fingerprint density at radius 1 is 1.16 bits per heavy atom. The van der Waals surface area contributed by atoms with E-state index in [1.165, 1.54) is 24.3 Å². The molecule has 2 atom stereocenters. The number of non-ortho nitro benzene ring substituents is 1. The molecule has 0 bridgehead atoms.